The van der Waals surface area contributed by atoms with Gasteiger partial charge in [0.05, 0.1) is 3.79 Å². The Balaban J connectivity index is 2.59. The summed E-state index contributed by atoms with van der Waals surface area (Å²) in [6.45, 7) is 2.49. The Kier molecular flexibility index (Phi) is 5.93. The van der Waals surface area contributed by atoms with Crippen molar-refractivity contribution in [2.45, 2.75) is 28.8 Å². The first-order valence-electron chi connectivity index (χ1n) is 4.84. The standard InChI is InChI=1S/C9H13Br2NO2S2/c1-2-3-7(10)6-12-16(13,14)9-5-4-8(11)15-9/h4-5,7,12H,2-3,6H2,1H3. The molecule has 16 heavy (non-hydrogen) atoms. The fourth-order valence-corrected chi connectivity index (χ4v) is 5.10. The van der Waals surface area contributed by atoms with Crippen LogP contribution in [-0.2, 0) is 10.0 Å². The Labute approximate surface area is 117 Å². The summed E-state index contributed by atoms with van der Waals surface area (Å²) in [5, 5.41) is 0. The largest absolute Gasteiger partial charge is 0.250 e. The summed E-state index contributed by atoms with van der Waals surface area (Å²) in [4.78, 5) is 0.190. The molecule has 92 valence electrons. The van der Waals surface area contributed by atoms with Crippen molar-refractivity contribution in [3.63, 3.8) is 0 Å². The normalized spacial score (nSPS) is 13.9. The lowest BCUT2D eigenvalue weighted by molar-refractivity contribution is 0.580. The molecule has 0 spiro atoms. The van der Waals surface area contributed by atoms with E-state index in [1.165, 1.54) is 11.3 Å². The van der Waals surface area contributed by atoms with Crippen molar-refractivity contribution >= 4 is 53.2 Å². The molecule has 1 aromatic heterocycles. The topological polar surface area (TPSA) is 46.2 Å². The number of rotatable bonds is 6. The van der Waals surface area contributed by atoms with E-state index >= 15 is 0 Å². The van der Waals surface area contributed by atoms with E-state index in [0.717, 1.165) is 16.6 Å². The van der Waals surface area contributed by atoms with E-state index in [9.17, 15) is 8.42 Å². The second kappa shape index (κ2) is 6.49. The number of hydrogen-bond donors (Lipinski definition) is 1. The Bertz CT molecular complexity index is 430. The van der Waals surface area contributed by atoms with Crippen molar-refractivity contribution in [3.8, 4) is 0 Å². The van der Waals surface area contributed by atoms with E-state index in [4.69, 9.17) is 0 Å². The van der Waals surface area contributed by atoms with Gasteiger partial charge in [-0.3, -0.25) is 0 Å². The summed E-state index contributed by atoms with van der Waals surface area (Å²) in [7, 11) is -3.34. The van der Waals surface area contributed by atoms with Crippen molar-refractivity contribution in [1.82, 2.24) is 4.72 Å². The van der Waals surface area contributed by atoms with E-state index < -0.39 is 10.0 Å². The predicted octanol–water partition coefficient (Wildman–Crippen LogP) is 3.35. The van der Waals surface area contributed by atoms with Gasteiger partial charge in [0.15, 0.2) is 0 Å². The maximum atomic E-state index is 11.8. The molecule has 7 heteroatoms. The van der Waals surface area contributed by atoms with Gasteiger partial charge in [-0.05, 0) is 34.5 Å². The predicted molar refractivity (Wildman–Crippen MR) is 74.8 cm³/mol. The highest BCUT2D eigenvalue weighted by atomic mass is 79.9. The lowest BCUT2D eigenvalue weighted by atomic mass is 10.2. The highest BCUT2D eigenvalue weighted by Crippen LogP contribution is 2.25. The molecule has 0 aliphatic rings. The summed E-state index contributed by atoms with van der Waals surface area (Å²) in [5.74, 6) is 0. The van der Waals surface area contributed by atoms with Gasteiger partial charge in [-0.2, -0.15) is 0 Å². The molecule has 0 aliphatic carbocycles. The SMILES string of the molecule is CCCC(Br)CNS(=O)(=O)c1ccc(Br)s1. The average molecular weight is 391 g/mol. The first kappa shape index (κ1) is 14.6. The number of halogens is 2. The van der Waals surface area contributed by atoms with E-state index in [1.807, 2.05) is 0 Å². The second-order valence-electron chi connectivity index (χ2n) is 3.30. The Morgan fingerprint density at radius 2 is 2.19 bits per heavy atom. The molecular formula is C9H13Br2NO2S2. The van der Waals surface area contributed by atoms with E-state index in [0.29, 0.717) is 10.8 Å². The zero-order chi connectivity index (χ0) is 12.2. The van der Waals surface area contributed by atoms with Gasteiger partial charge < -0.3 is 0 Å². The molecule has 0 fully saturated rings. The number of sulfonamides is 1. The highest BCUT2D eigenvalue weighted by Gasteiger charge is 2.17. The zero-order valence-electron chi connectivity index (χ0n) is 8.74. The van der Waals surface area contributed by atoms with Crippen LogP contribution in [0.4, 0.5) is 0 Å². The molecule has 1 aromatic rings. The summed E-state index contributed by atoms with van der Waals surface area (Å²) in [6.07, 6.45) is 1.98. The van der Waals surface area contributed by atoms with Gasteiger partial charge in [-0.25, -0.2) is 13.1 Å². The maximum absolute atomic E-state index is 11.8. The van der Waals surface area contributed by atoms with Gasteiger partial charge in [0.25, 0.3) is 0 Å². The van der Waals surface area contributed by atoms with Crippen LogP contribution in [0.1, 0.15) is 19.8 Å². The smallest absolute Gasteiger partial charge is 0.209 e. The van der Waals surface area contributed by atoms with Crippen molar-refractivity contribution in [3.05, 3.63) is 15.9 Å². The molecule has 1 rings (SSSR count). The van der Waals surface area contributed by atoms with Gasteiger partial charge in [0, 0.05) is 11.4 Å². The van der Waals surface area contributed by atoms with Crippen LogP contribution in [0.5, 0.6) is 0 Å². The Morgan fingerprint density at radius 3 is 2.69 bits per heavy atom. The van der Waals surface area contributed by atoms with Crippen molar-refractivity contribution in [2.75, 3.05) is 6.54 Å². The molecule has 0 bridgehead atoms. The summed E-state index contributed by atoms with van der Waals surface area (Å²) >= 11 is 7.89. The molecule has 0 saturated carbocycles. The molecule has 3 nitrogen and oxygen atoms in total. The lowest BCUT2D eigenvalue weighted by Gasteiger charge is -2.09. The third-order valence-electron chi connectivity index (χ3n) is 1.91. The van der Waals surface area contributed by atoms with E-state index in [1.54, 1.807) is 12.1 Å². The van der Waals surface area contributed by atoms with Crippen LogP contribution in [0.25, 0.3) is 0 Å². The monoisotopic (exact) mass is 389 g/mol. The Morgan fingerprint density at radius 1 is 1.50 bits per heavy atom. The van der Waals surface area contributed by atoms with Gasteiger partial charge in [-0.15, -0.1) is 11.3 Å². The average Bonchev–Trinajstić information content (AvgIpc) is 2.63. The van der Waals surface area contributed by atoms with Crippen LogP contribution in [-0.4, -0.2) is 19.8 Å². The molecule has 1 atom stereocenters. The zero-order valence-corrected chi connectivity index (χ0v) is 13.5. The number of hydrogen-bond acceptors (Lipinski definition) is 3. The molecule has 0 saturated heterocycles. The minimum Gasteiger partial charge on any atom is -0.209 e. The van der Waals surface area contributed by atoms with Crippen molar-refractivity contribution in [1.29, 1.82) is 0 Å². The summed E-state index contributed by atoms with van der Waals surface area (Å²) in [6, 6.07) is 3.33. The van der Waals surface area contributed by atoms with Gasteiger partial charge in [0.1, 0.15) is 4.21 Å². The van der Waals surface area contributed by atoms with Gasteiger partial charge >= 0.3 is 0 Å². The van der Waals surface area contributed by atoms with E-state index in [-0.39, 0.29) is 4.83 Å². The third-order valence-corrected chi connectivity index (χ3v) is 6.23. The third kappa shape index (κ3) is 4.44. The molecule has 1 unspecified atom stereocenters. The summed E-state index contributed by atoms with van der Waals surface area (Å²) < 4.78 is 27.4. The Hall–Kier alpha value is 0.570. The minimum atomic E-state index is -3.34. The van der Waals surface area contributed by atoms with Crippen LogP contribution in [0.3, 0.4) is 0 Å². The fourth-order valence-electron chi connectivity index (χ4n) is 1.13. The van der Waals surface area contributed by atoms with E-state index in [2.05, 4.69) is 43.5 Å². The second-order valence-corrected chi connectivity index (χ2v) is 9.05. The quantitative estimate of drug-likeness (QED) is 0.757. The number of thiophene rings is 1. The molecule has 1 heterocycles. The molecular weight excluding hydrogens is 378 g/mol. The summed E-state index contributed by atoms with van der Waals surface area (Å²) in [5.41, 5.74) is 0. The first-order chi connectivity index (χ1) is 7.45. The van der Waals surface area contributed by atoms with Gasteiger partial charge in [0.2, 0.25) is 10.0 Å². The highest BCUT2D eigenvalue weighted by molar-refractivity contribution is 9.11. The van der Waals surface area contributed by atoms with Crippen LogP contribution in [0.15, 0.2) is 20.1 Å². The van der Waals surface area contributed by atoms with Crippen LogP contribution in [0.2, 0.25) is 0 Å². The van der Waals surface area contributed by atoms with Crippen molar-refractivity contribution in [2.24, 2.45) is 0 Å². The number of nitrogens with one attached hydrogen (secondary N) is 1. The maximum Gasteiger partial charge on any atom is 0.250 e. The molecule has 0 radical (unpaired) electrons. The van der Waals surface area contributed by atoms with Gasteiger partial charge in [-0.1, -0.05) is 29.3 Å². The van der Waals surface area contributed by atoms with Crippen LogP contribution < -0.4 is 4.72 Å². The molecule has 0 amide bonds. The number of alkyl halides is 1. The lowest BCUT2D eigenvalue weighted by Crippen LogP contribution is -2.29. The molecule has 0 aromatic carbocycles. The van der Waals surface area contributed by atoms with Crippen LogP contribution >= 0.6 is 43.2 Å². The molecule has 1 N–H and O–H groups in total. The van der Waals surface area contributed by atoms with Crippen LogP contribution in [0, 0.1) is 0 Å². The minimum absolute atomic E-state index is 0.190. The molecule has 0 aliphatic heterocycles. The fraction of sp³-hybridized carbons (Fsp3) is 0.556. The van der Waals surface area contributed by atoms with Crippen molar-refractivity contribution < 1.29 is 8.42 Å². The first-order valence-corrected chi connectivity index (χ1v) is 8.85.